The van der Waals surface area contributed by atoms with Gasteiger partial charge in [0.1, 0.15) is 10.7 Å². The van der Waals surface area contributed by atoms with Crippen LogP contribution >= 0.6 is 11.3 Å². The number of hydrogen-bond donors (Lipinski definition) is 2. The number of amides is 2. The first-order valence-corrected chi connectivity index (χ1v) is 9.55. The molecule has 7 heteroatoms. The van der Waals surface area contributed by atoms with Crippen molar-refractivity contribution in [2.24, 2.45) is 7.05 Å². The number of aryl methyl sites for hydroxylation is 2. The van der Waals surface area contributed by atoms with E-state index in [1.807, 2.05) is 13.8 Å². The summed E-state index contributed by atoms with van der Waals surface area (Å²) < 4.78 is 1.52. The fourth-order valence-corrected chi connectivity index (χ4v) is 4.56. The van der Waals surface area contributed by atoms with E-state index in [1.165, 1.54) is 28.9 Å². The van der Waals surface area contributed by atoms with Gasteiger partial charge in [0.2, 0.25) is 0 Å². The van der Waals surface area contributed by atoms with Crippen molar-refractivity contribution in [3.63, 3.8) is 0 Å². The zero-order valence-corrected chi connectivity index (χ0v) is 15.7. The Labute approximate surface area is 151 Å². The van der Waals surface area contributed by atoms with E-state index >= 15 is 0 Å². The predicted octanol–water partition coefficient (Wildman–Crippen LogP) is 3.28. The molecule has 134 valence electrons. The Morgan fingerprint density at radius 2 is 2.04 bits per heavy atom. The van der Waals surface area contributed by atoms with E-state index in [0.29, 0.717) is 16.3 Å². The van der Waals surface area contributed by atoms with Crippen molar-refractivity contribution in [2.75, 3.05) is 5.32 Å². The molecule has 0 saturated heterocycles. The number of anilines is 1. The molecule has 0 atom stereocenters. The van der Waals surface area contributed by atoms with Crippen molar-refractivity contribution in [2.45, 2.75) is 52.0 Å². The minimum atomic E-state index is -0.251. The second kappa shape index (κ2) is 7.39. The number of hydrogen-bond acceptors (Lipinski definition) is 4. The van der Waals surface area contributed by atoms with Gasteiger partial charge in [0.25, 0.3) is 11.8 Å². The van der Waals surface area contributed by atoms with E-state index in [1.54, 1.807) is 19.3 Å². The van der Waals surface area contributed by atoms with Gasteiger partial charge in [-0.25, -0.2) is 0 Å². The van der Waals surface area contributed by atoms with Crippen LogP contribution in [0, 0.1) is 6.92 Å². The summed E-state index contributed by atoms with van der Waals surface area (Å²) in [5.41, 5.74) is 2.10. The summed E-state index contributed by atoms with van der Waals surface area (Å²) in [7, 11) is 1.72. The van der Waals surface area contributed by atoms with Gasteiger partial charge >= 0.3 is 0 Å². The Kier molecular flexibility index (Phi) is 5.22. The van der Waals surface area contributed by atoms with Crippen molar-refractivity contribution >= 4 is 28.2 Å². The Balaban J connectivity index is 1.87. The minimum absolute atomic E-state index is 0.0755. The lowest BCUT2D eigenvalue weighted by Gasteiger charge is -2.14. The largest absolute Gasteiger partial charge is 0.349 e. The molecule has 2 aromatic heterocycles. The number of nitrogens with one attached hydrogen (secondary N) is 2. The van der Waals surface area contributed by atoms with Gasteiger partial charge in [0.05, 0.1) is 5.56 Å². The molecule has 0 bridgehead atoms. The van der Waals surface area contributed by atoms with Gasteiger partial charge in [-0.1, -0.05) is 19.8 Å². The Morgan fingerprint density at radius 1 is 1.32 bits per heavy atom. The molecule has 0 radical (unpaired) electrons. The molecule has 0 spiro atoms. The SMILES string of the molecule is CCc1c(C)sc(NC(=O)c2ccnn2C)c1C(=O)NC1CCCC1. The first-order chi connectivity index (χ1) is 12.0. The second-order valence-corrected chi connectivity index (χ2v) is 7.67. The number of carbonyl (C=O) groups excluding carboxylic acids is 2. The smallest absolute Gasteiger partial charge is 0.274 e. The summed E-state index contributed by atoms with van der Waals surface area (Å²) >= 11 is 1.46. The highest BCUT2D eigenvalue weighted by molar-refractivity contribution is 7.16. The van der Waals surface area contributed by atoms with Gasteiger partial charge in [-0.3, -0.25) is 14.3 Å². The van der Waals surface area contributed by atoms with Gasteiger partial charge in [-0.15, -0.1) is 11.3 Å². The van der Waals surface area contributed by atoms with E-state index in [0.717, 1.165) is 29.7 Å². The zero-order chi connectivity index (χ0) is 18.0. The van der Waals surface area contributed by atoms with E-state index in [2.05, 4.69) is 15.7 Å². The Hall–Kier alpha value is -2.15. The summed E-state index contributed by atoms with van der Waals surface area (Å²) in [5.74, 6) is -0.327. The van der Waals surface area contributed by atoms with Crippen molar-refractivity contribution in [1.82, 2.24) is 15.1 Å². The maximum absolute atomic E-state index is 12.9. The van der Waals surface area contributed by atoms with Crippen LogP contribution < -0.4 is 10.6 Å². The number of thiophene rings is 1. The van der Waals surface area contributed by atoms with Crippen LogP contribution in [0.5, 0.6) is 0 Å². The van der Waals surface area contributed by atoms with Crippen LogP contribution in [0.15, 0.2) is 12.3 Å². The lowest BCUT2D eigenvalue weighted by Crippen LogP contribution is -2.33. The van der Waals surface area contributed by atoms with Crippen molar-refractivity contribution < 1.29 is 9.59 Å². The van der Waals surface area contributed by atoms with Crippen LogP contribution in [-0.2, 0) is 13.5 Å². The summed E-state index contributed by atoms with van der Waals surface area (Å²) in [6.45, 7) is 4.03. The van der Waals surface area contributed by atoms with E-state index < -0.39 is 0 Å². The summed E-state index contributed by atoms with van der Waals surface area (Å²) in [6.07, 6.45) is 6.74. The molecule has 0 aromatic carbocycles. The average molecular weight is 360 g/mol. The molecule has 1 saturated carbocycles. The highest BCUT2D eigenvalue weighted by atomic mass is 32.1. The topological polar surface area (TPSA) is 76.0 Å². The first kappa shape index (κ1) is 17.7. The molecule has 1 aliphatic rings. The van der Waals surface area contributed by atoms with Crippen LogP contribution in [0.25, 0.3) is 0 Å². The molecule has 2 aromatic rings. The van der Waals surface area contributed by atoms with Crippen LogP contribution in [-0.4, -0.2) is 27.6 Å². The highest BCUT2D eigenvalue weighted by Crippen LogP contribution is 2.34. The number of rotatable bonds is 5. The van der Waals surface area contributed by atoms with E-state index in [-0.39, 0.29) is 17.9 Å². The molecule has 0 aliphatic heterocycles. The number of nitrogens with zero attached hydrogens (tertiary/aromatic N) is 2. The average Bonchev–Trinajstić information content (AvgIpc) is 3.28. The maximum atomic E-state index is 12.9. The Bertz CT molecular complexity index is 787. The van der Waals surface area contributed by atoms with Gasteiger partial charge in [-0.05, 0) is 37.8 Å². The lowest BCUT2D eigenvalue weighted by atomic mass is 10.1. The maximum Gasteiger partial charge on any atom is 0.274 e. The predicted molar refractivity (Wildman–Crippen MR) is 99.3 cm³/mol. The molecular formula is C18H24N4O2S. The molecule has 2 N–H and O–H groups in total. The normalized spacial score (nSPS) is 14.7. The van der Waals surface area contributed by atoms with E-state index in [9.17, 15) is 9.59 Å². The summed E-state index contributed by atoms with van der Waals surface area (Å²) in [4.78, 5) is 26.5. The standard InChI is InChI=1S/C18H24N4O2S/c1-4-13-11(2)25-18(21-16(23)14-9-10-19-22(14)3)15(13)17(24)20-12-7-5-6-8-12/h9-10,12H,4-8H2,1-3H3,(H,20,24)(H,21,23). The van der Waals surface area contributed by atoms with Crippen molar-refractivity contribution in [3.8, 4) is 0 Å². The van der Waals surface area contributed by atoms with E-state index in [4.69, 9.17) is 0 Å². The quantitative estimate of drug-likeness (QED) is 0.859. The van der Waals surface area contributed by atoms with Crippen LogP contribution in [0.4, 0.5) is 5.00 Å². The van der Waals surface area contributed by atoms with Crippen LogP contribution in [0.3, 0.4) is 0 Å². The zero-order valence-electron chi connectivity index (χ0n) is 14.9. The fourth-order valence-electron chi connectivity index (χ4n) is 3.42. The molecule has 2 heterocycles. The van der Waals surface area contributed by atoms with Crippen molar-refractivity contribution in [3.05, 3.63) is 34.0 Å². The monoisotopic (exact) mass is 360 g/mol. The molecule has 0 unspecified atom stereocenters. The molecule has 3 rings (SSSR count). The number of aromatic nitrogens is 2. The highest BCUT2D eigenvalue weighted by Gasteiger charge is 2.26. The minimum Gasteiger partial charge on any atom is -0.349 e. The summed E-state index contributed by atoms with van der Waals surface area (Å²) in [6, 6.07) is 1.91. The van der Waals surface area contributed by atoms with Crippen LogP contribution in [0.2, 0.25) is 0 Å². The summed E-state index contributed by atoms with van der Waals surface area (Å²) in [5, 5.41) is 10.7. The fraction of sp³-hybridized carbons (Fsp3) is 0.500. The number of carbonyl (C=O) groups is 2. The lowest BCUT2D eigenvalue weighted by molar-refractivity contribution is 0.0938. The third kappa shape index (κ3) is 3.61. The molecular weight excluding hydrogens is 336 g/mol. The van der Waals surface area contributed by atoms with Gasteiger partial charge in [0, 0.05) is 24.2 Å². The molecule has 1 aliphatic carbocycles. The van der Waals surface area contributed by atoms with Crippen LogP contribution in [0.1, 0.15) is 63.9 Å². The van der Waals surface area contributed by atoms with Crippen molar-refractivity contribution in [1.29, 1.82) is 0 Å². The second-order valence-electron chi connectivity index (χ2n) is 6.44. The van der Waals surface area contributed by atoms with Gasteiger partial charge in [-0.2, -0.15) is 5.10 Å². The molecule has 1 fully saturated rings. The molecule has 25 heavy (non-hydrogen) atoms. The molecule has 2 amide bonds. The van der Waals surface area contributed by atoms with Gasteiger partial charge < -0.3 is 10.6 Å². The molecule has 6 nitrogen and oxygen atoms in total. The van der Waals surface area contributed by atoms with Gasteiger partial charge in [0.15, 0.2) is 0 Å². The third-order valence-electron chi connectivity index (χ3n) is 4.76. The first-order valence-electron chi connectivity index (χ1n) is 8.73. The Morgan fingerprint density at radius 3 is 2.64 bits per heavy atom. The third-order valence-corrected chi connectivity index (χ3v) is 5.82.